The van der Waals surface area contributed by atoms with Gasteiger partial charge in [-0.25, -0.2) is 0 Å². The highest BCUT2D eigenvalue weighted by Crippen LogP contribution is 2.70. The molecule has 2 atom stereocenters. The van der Waals surface area contributed by atoms with Gasteiger partial charge in [-0.05, 0) is 37.3 Å². The number of hydrogen-bond acceptors (Lipinski definition) is 3. The van der Waals surface area contributed by atoms with Crippen molar-refractivity contribution >= 4 is 17.6 Å². The maximum atomic E-state index is 12.9. The van der Waals surface area contributed by atoms with Crippen LogP contribution in [0.5, 0.6) is 0 Å². The zero-order chi connectivity index (χ0) is 17.8. The number of fused-ring (bicyclic) bond motifs is 2. The third kappa shape index (κ3) is 2.03. The average Bonchev–Trinajstić information content (AvgIpc) is 2.82. The number of Topliss-reactive ketones (excluding diaryl/α,β-unsaturated/α-hetero) is 1. The summed E-state index contributed by atoms with van der Waals surface area (Å²) in [7, 11) is 0. The van der Waals surface area contributed by atoms with E-state index in [9.17, 15) is 14.4 Å². The lowest BCUT2D eigenvalue weighted by molar-refractivity contribution is -0.137. The minimum Gasteiger partial charge on any atom is -0.299 e. The molecule has 2 fully saturated rings. The van der Waals surface area contributed by atoms with Crippen LogP contribution in [-0.4, -0.2) is 17.6 Å². The molecular formula is C19H24N2O3. The van der Waals surface area contributed by atoms with Crippen molar-refractivity contribution in [2.75, 3.05) is 0 Å². The summed E-state index contributed by atoms with van der Waals surface area (Å²) in [6, 6.07) is 7.16. The SMILES string of the molecule is Cc1cccc(C(=O)NNC(=O)C23CCC(C)(C(=O)C2)C3(C)C)c1. The highest BCUT2D eigenvalue weighted by atomic mass is 16.2. The van der Waals surface area contributed by atoms with Crippen molar-refractivity contribution in [3.63, 3.8) is 0 Å². The maximum Gasteiger partial charge on any atom is 0.269 e. The number of hydrazine groups is 1. The normalized spacial score (nSPS) is 30.2. The summed E-state index contributed by atoms with van der Waals surface area (Å²) in [5, 5.41) is 0. The van der Waals surface area contributed by atoms with Gasteiger partial charge in [-0.2, -0.15) is 0 Å². The molecule has 2 aliphatic rings. The van der Waals surface area contributed by atoms with Gasteiger partial charge in [0.15, 0.2) is 0 Å². The summed E-state index contributed by atoms with van der Waals surface area (Å²) in [6.45, 7) is 7.85. The smallest absolute Gasteiger partial charge is 0.269 e. The van der Waals surface area contributed by atoms with Crippen LogP contribution in [0.3, 0.4) is 0 Å². The summed E-state index contributed by atoms with van der Waals surface area (Å²) in [4.78, 5) is 37.5. The second-order valence-corrected chi connectivity index (χ2v) is 7.92. The third-order valence-electron chi connectivity index (χ3n) is 6.71. The van der Waals surface area contributed by atoms with Crippen molar-refractivity contribution in [3.05, 3.63) is 35.4 Å². The lowest BCUT2D eigenvalue weighted by atomic mass is 9.64. The van der Waals surface area contributed by atoms with Crippen molar-refractivity contribution < 1.29 is 14.4 Å². The monoisotopic (exact) mass is 328 g/mol. The number of aryl methyl sites for hydroxylation is 1. The minimum absolute atomic E-state index is 0.152. The van der Waals surface area contributed by atoms with Crippen molar-refractivity contribution in [3.8, 4) is 0 Å². The molecule has 0 aromatic heterocycles. The minimum atomic E-state index is -0.737. The van der Waals surface area contributed by atoms with Gasteiger partial charge >= 0.3 is 0 Å². The van der Waals surface area contributed by atoms with Gasteiger partial charge in [-0.1, -0.05) is 38.5 Å². The molecule has 5 heteroatoms. The highest BCUT2D eigenvalue weighted by molar-refractivity contribution is 6.01. The average molecular weight is 328 g/mol. The zero-order valence-corrected chi connectivity index (χ0v) is 14.7. The maximum absolute atomic E-state index is 12.9. The van der Waals surface area contributed by atoms with E-state index < -0.39 is 16.2 Å². The standard InChI is InChI=1S/C19H24N2O3/c1-12-6-5-7-13(10-12)15(23)20-21-16(24)19-9-8-18(4,14(22)11-19)17(19,2)3/h5-7,10H,8-9,11H2,1-4H3,(H,20,23)(H,21,24). The van der Waals surface area contributed by atoms with Crippen LogP contribution in [0.4, 0.5) is 0 Å². The lowest BCUT2D eigenvalue weighted by Crippen LogP contribution is -2.52. The fraction of sp³-hybridized carbons (Fsp3) is 0.526. The van der Waals surface area contributed by atoms with E-state index in [1.54, 1.807) is 18.2 Å². The molecule has 1 aromatic carbocycles. The third-order valence-corrected chi connectivity index (χ3v) is 6.71. The first kappa shape index (κ1) is 16.7. The topological polar surface area (TPSA) is 75.3 Å². The first-order valence-corrected chi connectivity index (χ1v) is 8.35. The van der Waals surface area contributed by atoms with Gasteiger partial charge in [0.2, 0.25) is 5.91 Å². The molecule has 2 bridgehead atoms. The molecule has 0 saturated heterocycles. The fourth-order valence-corrected chi connectivity index (χ4v) is 4.45. The Kier molecular flexibility index (Phi) is 3.59. The Labute approximate surface area is 142 Å². The van der Waals surface area contributed by atoms with E-state index in [2.05, 4.69) is 10.9 Å². The second-order valence-electron chi connectivity index (χ2n) is 7.92. The lowest BCUT2D eigenvalue weighted by Gasteiger charge is -2.38. The Morgan fingerprint density at radius 3 is 2.33 bits per heavy atom. The van der Waals surface area contributed by atoms with Crippen LogP contribution in [0.2, 0.25) is 0 Å². The Morgan fingerprint density at radius 2 is 1.79 bits per heavy atom. The van der Waals surface area contributed by atoms with Crippen LogP contribution in [0, 0.1) is 23.2 Å². The predicted molar refractivity (Wildman–Crippen MR) is 90.0 cm³/mol. The van der Waals surface area contributed by atoms with E-state index in [4.69, 9.17) is 0 Å². The molecule has 0 spiro atoms. The number of amides is 2. The Morgan fingerprint density at radius 1 is 1.08 bits per heavy atom. The molecule has 3 rings (SSSR count). The van der Waals surface area contributed by atoms with Gasteiger partial charge in [0.1, 0.15) is 5.78 Å². The van der Waals surface area contributed by atoms with Gasteiger partial charge in [-0.15, -0.1) is 0 Å². The van der Waals surface area contributed by atoms with Gasteiger partial charge in [0, 0.05) is 17.4 Å². The fourth-order valence-electron chi connectivity index (χ4n) is 4.45. The van der Waals surface area contributed by atoms with Crippen LogP contribution >= 0.6 is 0 Å². The Balaban J connectivity index is 1.74. The zero-order valence-electron chi connectivity index (χ0n) is 14.7. The molecule has 128 valence electrons. The van der Waals surface area contributed by atoms with Crippen molar-refractivity contribution in [1.29, 1.82) is 0 Å². The second kappa shape index (κ2) is 5.16. The summed E-state index contributed by atoms with van der Waals surface area (Å²) >= 11 is 0. The predicted octanol–water partition coefficient (Wildman–Crippen LogP) is 2.54. The van der Waals surface area contributed by atoms with Crippen LogP contribution in [0.15, 0.2) is 24.3 Å². The summed E-state index contributed by atoms with van der Waals surface area (Å²) in [6.07, 6.45) is 1.65. The number of rotatable bonds is 2. The number of ketones is 1. The molecule has 1 aromatic rings. The molecule has 2 aliphatic carbocycles. The van der Waals surface area contributed by atoms with Gasteiger partial charge < -0.3 is 0 Å². The van der Waals surface area contributed by atoms with E-state index in [1.807, 2.05) is 33.8 Å². The molecule has 2 saturated carbocycles. The van der Waals surface area contributed by atoms with E-state index in [0.29, 0.717) is 12.0 Å². The number of nitrogens with one attached hydrogen (secondary N) is 2. The van der Waals surface area contributed by atoms with Crippen molar-refractivity contribution in [2.45, 2.75) is 47.0 Å². The van der Waals surface area contributed by atoms with Crippen LogP contribution in [0.25, 0.3) is 0 Å². The molecule has 0 heterocycles. The number of hydrogen-bond donors (Lipinski definition) is 2. The molecule has 2 amide bonds. The largest absolute Gasteiger partial charge is 0.299 e. The first-order chi connectivity index (χ1) is 11.1. The number of carbonyl (C=O) groups excluding carboxylic acids is 3. The van der Waals surface area contributed by atoms with Crippen molar-refractivity contribution in [2.24, 2.45) is 16.2 Å². The number of benzene rings is 1. The molecule has 2 unspecified atom stereocenters. The van der Waals surface area contributed by atoms with E-state index in [1.165, 1.54) is 0 Å². The molecule has 24 heavy (non-hydrogen) atoms. The van der Waals surface area contributed by atoms with E-state index >= 15 is 0 Å². The highest BCUT2D eigenvalue weighted by Gasteiger charge is 2.72. The van der Waals surface area contributed by atoms with Crippen molar-refractivity contribution in [1.82, 2.24) is 10.9 Å². The van der Waals surface area contributed by atoms with E-state index in [-0.39, 0.29) is 24.0 Å². The molecule has 2 N–H and O–H groups in total. The summed E-state index contributed by atoms with van der Waals surface area (Å²) < 4.78 is 0. The first-order valence-electron chi connectivity index (χ1n) is 8.35. The summed E-state index contributed by atoms with van der Waals surface area (Å²) in [5.74, 6) is -0.465. The molecule has 0 aliphatic heterocycles. The quantitative estimate of drug-likeness (QED) is 0.819. The Hall–Kier alpha value is -2.17. The van der Waals surface area contributed by atoms with Gasteiger partial charge in [0.25, 0.3) is 5.91 Å². The van der Waals surface area contributed by atoms with Crippen LogP contribution < -0.4 is 10.9 Å². The number of carbonyl (C=O) groups is 3. The van der Waals surface area contributed by atoms with Gasteiger partial charge in [0.05, 0.1) is 5.41 Å². The van der Waals surface area contributed by atoms with Gasteiger partial charge in [-0.3, -0.25) is 25.2 Å². The molecule has 0 radical (unpaired) electrons. The van der Waals surface area contributed by atoms with Crippen LogP contribution in [0.1, 0.15) is 56.0 Å². The molecular weight excluding hydrogens is 304 g/mol. The summed E-state index contributed by atoms with van der Waals surface area (Å²) in [5.41, 5.74) is 4.91. The van der Waals surface area contributed by atoms with E-state index in [0.717, 1.165) is 12.0 Å². The van der Waals surface area contributed by atoms with Crippen LogP contribution in [-0.2, 0) is 9.59 Å². The molecule has 5 nitrogen and oxygen atoms in total. The Bertz CT molecular complexity index is 740.